The van der Waals surface area contributed by atoms with Gasteiger partial charge in [-0.05, 0) is 45.2 Å². The molecule has 1 aromatic carbocycles. The van der Waals surface area contributed by atoms with Gasteiger partial charge in [0, 0.05) is 25.7 Å². The molecule has 1 aromatic rings. The van der Waals surface area contributed by atoms with E-state index in [0.29, 0.717) is 19.6 Å². The van der Waals surface area contributed by atoms with Crippen LogP contribution < -0.4 is 15.4 Å². The Morgan fingerprint density at radius 1 is 1.21 bits per heavy atom. The lowest BCUT2D eigenvalue weighted by molar-refractivity contribution is 0.205. The smallest absolute Gasteiger partial charge is 0.213 e. The minimum atomic E-state index is -3.09. The van der Waals surface area contributed by atoms with E-state index in [1.54, 1.807) is 11.2 Å². The van der Waals surface area contributed by atoms with Crippen LogP contribution in [-0.4, -0.2) is 62.8 Å². The van der Waals surface area contributed by atoms with Crippen LogP contribution in [0.3, 0.4) is 0 Å². The molecule has 0 spiro atoms. The Bertz CT molecular complexity index is 701. The van der Waals surface area contributed by atoms with Gasteiger partial charge in [0.15, 0.2) is 5.96 Å². The summed E-state index contributed by atoms with van der Waals surface area (Å²) in [7, 11) is -3.09. The third-order valence-corrected chi connectivity index (χ3v) is 6.73. The number of hydrogen-bond acceptors (Lipinski definition) is 4. The molecule has 1 fully saturated rings. The van der Waals surface area contributed by atoms with E-state index >= 15 is 0 Å². The fourth-order valence-electron chi connectivity index (χ4n) is 3.11. The second-order valence-corrected chi connectivity index (χ2v) is 9.16. The Hall–Kier alpha value is -1.80. The van der Waals surface area contributed by atoms with Gasteiger partial charge in [0.25, 0.3) is 0 Å². The van der Waals surface area contributed by atoms with Crippen molar-refractivity contribution in [3.63, 3.8) is 0 Å². The monoisotopic (exact) mass is 410 g/mol. The number of nitrogens with one attached hydrogen (secondary N) is 2. The Balaban J connectivity index is 1.89. The summed E-state index contributed by atoms with van der Waals surface area (Å²) >= 11 is 0. The molecular formula is C20H34N4O3S. The number of sulfonamides is 1. The zero-order chi connectivity index (χ0) is 20.4. The number of nitrogens with zero attached hydrogens (tertiary/aromatic N) is 2. The van der Waals surface area contributed by atoms with Crippen LogP contribution in [0, 0.1) is 0 Å². The summed E-state index contributed by atoms with van der Waals surface area (Å²) in [6.45, 7) is 8.26. The van der Waals surface area contributed by atoms with Crippen LogP contribution in [0.25, 0.3) is 0 Å². The molecule has 1 aliphatic heterocycles. The number of piperidine rings is 1. The molecular weight excluding hydrogens is 376 g/mol. The maximum Gasteiger partial charge on any atom is 0.213 e. The van der Waals surface area contributed by atoms with Gasteiger partial charge in [0.05, 0.1) is 12.3 Å². The molecule has 0 bridgehead atoms. The van der Waals surface area contributed by atoms with Crippen molar-refractivity contribution < 1.29 is 13.2 Å². The largest absolute Gasteiger partial charge is 0.489 e. The SMILES string of the molecule is CCNC(=NCC(CC)Oc1ccccc1)NC1CCN(S(=O)(=O)CC)CC1. The fraction of sp³-hybridized carbons (Fsp3) is 0.650. The van der Waals surface area contributed by atoms with E-state index in [2.05, 4.69) is 17.6 Å². The maximum absolute atomic E-state index is 12.0. The first-order chi connectivity index (χ1) is 13.5. The second kappa shape index (κ2) is 11.3. The lowest BCUT2D eigenvalue weighted by atomic mass is 10.1. The maximum atomic E-state index is 12.0. The van der Waals surface area contributed by atoms with Crippen molar-refractivity contribution in [1.82, 2.24) is 14.9 Å². The van der Waals surface area contributed by atoms with Crippen molar-refractivity contribution in [2.45, 2.75) is 52.2 Å². The molecule has 2 N–H and O–H groups in total. The van der Waals surface area contributed by atoms with Gasteiger partial charge in [-0.3, -0.25) is 0 Å². The number of para-hydroxylation sites is 1. The predicted molar refractivity (Wildman–Crippen MR) is 114 cm³/mol. The topological polar surface area (TPSA) is 83.0 Å². The highest BCUT2D eigenvalue weighted by molar-refractivity contribution is 7.89. The predicted octanol–water partition coefficient (Wildman–Crippen LogP) is 2.21. The van der Waals surface area contributed by atoms with Crippen LogP contribution in [0.2, 0.25) is 0 Å². The van der Waals surface area contributed by atoms with E-state index in [-0.39, 0.29) is 17.9 Å². The summed E-state index contributed by atoms with van der Waals surface area (Å²) in [5, 5.41) is 6.73. The number of ether oxygens (including phenoxy) is 1. The normalized spacial score (nSPS) is 17.9. The number of rotatable bonds is 9. The summed E-state index contributed by atoms with van der Waals surface area (Å²) < 4.78 is 31.6. The van der Waals surface area contributed by atoms with Crippen LogP contribution >= 0.6 is 0 Å². The van der Waals surface area contributed by atoms with Crippen molar-refractivity contribution in [2.75, 3.05) is 31.9 Å². The highest BCUT2D eigenvalue weighted by atomic mass is 32.2. The van der Waals surface area contributed by atoms with Gasteiger partial charge >= 0.3 is 0 Å². The first-order valence-corrected chi connectivity index (χ1v) is 11.8. The van der Waals surface area contributed by atoms with Crippen molar-refractivity contribution in [1.29, 1.82) is 0 Å². The Labute approximate surface area is 169 Å². The van der Waals surface area contributed by atoms with Crippen LogP contribution in [0.1, 0.15) is 40.0 Å². The highest BCUT2D eigenvalue weighted by Gasteiger charge is 2.27. The summed E-state index contributed by atoms with van der Waals surface area (Å²) in [5.41, 5.74) is 0. The molecule has 0 amide bonds. The van der Waals surface area contributed by atoms with Crippen molar-refractivity contribution in [2.24, 2.45) is 4.99 Å². The number of aliphatic imine (C=N–C) groups is 1. The molecule has 28 heavy (non-hydrogen) atoms. The van der Waals surface area contributed by atoms with Crippen LogP contribution in [0.5, 0.6) is 5.75 Å². The molecule has 0 aliphatic carbocycles. The average Bonchev–Trinajstić information content (AvgIpc) is 2.72. The molecule has 0 aromatic heterocycles. The molecule has 1 heterocycles. The van der Waals surface area contributed by atoms with Crippen molar-refractivity contribution in [3.8, 4) is 5.75 Å². The Kier molecular flexibility index (Phi) is 9.05. The number of hydrogen-bond donors (Lipinski definition) is 2. The van der Waals surface area contributed by atoms with Gasteiger partial charge in [0.1, 0.15) is 11.9 Å². The van der Waals surface area contributed by atoms with E-state index in [9.17, 15) is 8.42 Å². The highest BCUT2D eigenvalue weighted by Crippen LogP contribution is 2.15. The quantitative estimate of drug-likeness (QED) is 0.482. The van der Waals surface area contributed by atoms with Gasteiger partial charge in [-0.2, -0.15) is 0 Å². The molecule has 8 heteroatoms. The summed E-state index contributed by atoms with van der Waals surface area (Å²) in [4.78, 5) is 4.70. The van der Waals surface area contributed by atoms with Gasteiger partial charge in [-0.1, -0.05) is 25.1 Å². The first kappa shape index (κ1) is 22.5. The molecule has 1 atom stereocenters. The Morgan fingerprint density at radius 2 is 1.89 bits per heavy atom. The van der Waals surface area contributed by atoms with E-state index in [0.717, 1.165) is 37.5 Å². The molecule has 1 saturated heterocycles. The van der Waals surface area contributed by atoms with Crippen LogP contribution in [-0.2, 0) is 10.0 Å². The third kappa shape index (κ3) is 6.98. The molecule has 1 unspecified atom stereocenters. The lowest BCUT2D eigenvalue weighted by Gasteiger charge is -2.32. The Morgan fingerprint density at radius 3 is 2.46 bits per heavy atom. The van der Waals surface area contributed by atoms with Crippen LogP contribution in [0.4, 0.5) is 0 Å². The van der Waals surface area contributed by atoms with E-state index in [1.165, 1.54) is 0 Å². The zero-order valence-corrected chi connectivity index (χ0v) is 18.0. The average molecular weight is 411 g/mol. The van der Waals surface area contributed by atoms with Gasteiger partial charge in [-0.15, -0.1) is 0 Å². The minimum absolute atomic E-state index is 0.00870. The third-order valence-electron chi connectivity index (χ3n) is 4.85. The van der Waals surface area contributed by atoms with E-state index < -0.39 is 10.0 Å². The minimum Gasteiger partial charge on any atom is -0.489 e. The van der Waals surface area contributed by atoms with Gasteiger partial charge in [0.2, 0.25) is 10.0 Å². The number of benzene rings is 1. The van der Waals surface area contributed by atoms with Crippen molar-refractivity contribution in [3.05, 3.63) is 30.3 Å². The van der Waals surface area contributed by atoms with E-state index in [1.807, 2.05) is 37.3 Å². The molecule has 0 saturated carbocycles. The standard InChI is InChI=1S/C20H34N4O3S/c1-4-18(27-19-10-8-7-9-11-19)16-22-20(21-5-2)23-17-12-14-24(15-13-17)28(25,26)6-3/h7-11,17-18H,4-6,12-16H2,1-3H3,(H2,21,22,23). The first-order valence-electron chi connectivity index (χ1n) is 10.2. The lowest BCUT2D eigenvalue weighted by Crippen LogP contribution is -2.50. The van der Waals surface area contributed by atoms with E-state index in [4.69, 9.17) is 9.73 Å². The van der Waals surface area contributed by atoms with Crippen molar-refractivity contribution >= 4 is 16.0 Å². The molecule has 158 valence electrons. The molecule has 1 aliphatic rings. The van der Waals surface area contributed by atoms with Gasteiger partial charge < -0.3 is 15.4 Å². The molecule has 0 radical (unpaired) electrons. The molecule has 7 nitrogen and oxygen atoms in total. The van der Waals surface area contributed by atoms with Crippen LogP contribution in [0.15, 0.2) is 35.3 Å². The summed E-state index contributed by atoms with van der Waals surface area (Å²) in [5.74, 6) is 1.77. The summed E-state index contributed by atoms with van der Waals surface area (Å²) in [6.07, 6.45) is 2.43. The molecule has 2 rings (SSSR count). The number of guanidine groups is 1. The second-order valence-electron chi connectivity index (χ2n) is 6.90. The zero-order valence-electron chi connectivity index (χ0n) is 17.2. The van der Waals surface area contributed by atoms with Gasteiger partial charge in [-0.25, -0.2) is 17.7 Å². The summed E-state index contributed by atoms with van der Waals surface area (Å²) in [6, 6.07) is 10.0. The fourth-order valence-corrected chi connectivity index (χ4v) is 4.24.